The number of ether oxygens (including phenoxy) is 1. The number of para-hydroxylation sites is 1. The molecule has 2 rings (SSSR count). The van der Waals surface area contributed by atoms with Crippen molar-refractivity contribution >= 4 is 6.08 Å². The van der Waals surface area contributed by atoms with Crippen LogP contribution in [0.25, 0.3) is 6.08 Å². The van der Waals surface area contributed by atoms with E-state index >= 15 is 0 Å². The van der Waals surface area contributed by atoms with Crippen molar-refractivity contribution in [1.82, 2.24) is 9.80 Å². The van der Waals surface area contributed by atoms with Gasteiger partial charge in [0.1, 0.15) is 30.1 Å². The van der Waals surface area contributed by atoms with Gasteiger partial charge in [-0.1, -0.05) is 18.2 Å². The van der Waals surface area contributed by atoms with Crippen molar-refractivity contribution in [1.29, 1.82) is 10.5 Å². The van der Waals surface area contributed by atoms with Crippen LogP contribution in [-0.4, -0.2) is 56.2 Å². The number of nitrogens with zero attached hydrogens (tertiary/aromatic N) is 4. The fraction of sp³-hybridized carbons (Fsp3) is 0.412. The Morgan fingerprint density at radius 3 is 2.55 bits per heavy atom. The minimum absolute atomic E-state index is 0.0788. The van der Waals surface area contributed by atoms with Crippen LogP contribution in [0, 0.1) is 22.7 Å². The van der Waals surface area contributed by atoms with Gasteiger partial charge in [-0.15, -0.1) is 0 Å². The second-order valence-corrected chi connectivity index (χ2v) is 5.31. The predicted octanol–water partition coefficient (Wildman–Crippen LogP) is 1.74. The molecule has 1 fully saturated rings. The molecule has 0 saturated carbocycles. The molecule has 0 radical (unpaired) electrons. The summed E-state index contributed by atoms with van der Waals surface area (Å²) in [6, 6.07) is 11.2. The Morgan fingerprint density at radius 1 is 1.18 bits per heavy atom. The van der Waals surface area contributed by atoms with E-state index < -0.39 is 0 Å². The maximum atomic E-state index is 8.85. The highest BCUT2D eigenvalue weighted by Gasteiger charge is 2.13. The van der Waals surface area contributed by atoms with Crippen LogP contribution in [0.1, 0.15) is 5.56 Å². The van der Waals surface area contributed by atoms with Gasteiger partial charge in [0.15, 0.2) is 0 Å². The van der Waals surface area contributed by atoms with Gasteiger partial charge in [-0.25, -0.2) is 0 Å². The van der Waals surface area contributed by atoms with Gasteiger partial charge in [-0.3, -0.25) is 4.90 Å². The van der Waals surface area contributed by atoms with Crippen LogP contribution in [-0.2, 0) is 0 Å². The number of likely N-dealkylation sites (N-methyl/N-ethyl adjacent to an activating group) is 1. The number of hydrogen-bond donors (Lipinski definition) is 0. The molecule has 22 heavy (non-hydrogen) atoms. The van der Waals surface area contributed by atoms with Crippen molar-refractivity contribution in [3.63, 3.8) is 0 Å². The van der Waals surface area contributed by atoms with Crippen LogP contribution >= 0.6 is 0 Å². The van der Waals surface area contributed by atoms with E-state index in [0.29, 0.717) is 12.4 Å². The minimum atomic E-state index is 0.0788. The van der Waals surface area contributed by atoms with E-state index in [1.54, 1.807) is 6.08 Å². The molecule has 0 N–H and O–H groups in total. The lowest BCUT2D eigenvalue weighted by atomic mass is 10.1. The van der Waals surface area contributed by atoms with E-state index in [1.807, 2.05) is 36.4 Å². The maximum Gasteiger partial charge on any atom is 0.130 e. The summed E-state index contributed by atoms with van der Waals surface area (Å²) in [6.07, 6.45) is 1.56. The summed E-state index contributed by atoms with van der Waals surface area (Å²) in [5.41, 5.74) is 0.842. The van der Waals surface area contributed by atoms with Gasteiger partial charge in [-0.05, 0) is 19.2 Å². The summed E-state index contributed by atoms with van der Waals surface area (Å²) in [4.78, 5) is 4.71. The first kappa shape index (κ1) is 16.0. The molecular formula is C17H20N4O. The number of hydrogen-bond acceptors (Lipinski definition) is 5. The Morgan fingerprint density at radius 2 is 1.86 bits per heavy atom. The molecule has 1 aromatic rings. The molecule has 0 bridgehead atoms. The molecular weight excluding hydrogens is 276 g/mol. The third-order valence-electron chi connectivity index (χ3n) is 3.72. The Hall–Kier alpha value is -2.34. The highest BCUT2D eigenvalue weighted by atomic mass is 16.5. The van der Waals surface area contributed by atoms with Crippen molar-refractivity contribution < 1.29 is 4.74 Å². The van der Waals surface area contributed by atoms with Crippen LogP contribution in [0.4, 0.5) is 0 Å². The van der Waals surface area contributed by atoms with E-state index in [4.69, 9.17) is 15.3 Å². The standard InChI is InChI=1S/C17H20N4O/c1-20-6-8-21(9-7-20)10-11-22-17-5-3-2-4-16(17)12-15(13-18)14-19/h2-5,12H,6-11H2,1H3. The molecule has 0 unspecified atom stereocenters. The van der Waals surface area contributed by atoms with Gasteiger partial charge in [-0.2, -0.15) is 10.5 Å². The average Bonchev–Trinajstić information content (AvgIpc) is 2.55. The lowest BCUT2D eigenvalue weighted by Gasteiger charge is -2.32. The molecule has 0 spiro atoms. The Kier molecular flexibility index (Phi) is 5.97. The molecule has 1 aliphatic heterocycles. The zero-order valence-corrected chi connectivity index (χ0v) is 12.8. The fourth-order valence-corrected chi connectivity index (χ4v) is 2.33. The Bertz CT molecular complexity index is 588. The van der Waals surface area contributed by atoms with Crippen LogP contribution in [0.2, 0.25) is 0 Å². The van der Waals surface area contributed by atoms with Crippen molar-refractivity contribution in [2.24, 2.45) is 0 Å². The summed E-state index contributed by atoms with van der Waals surface area (Å²) in [6.45, 7) is 5.79. The zero-order valence-electron chi connectivity index (χ0n) is 12.8. The van der Waals surface area contributed by atoms with Gasteiger partial charge < -0.3 is 9.64 Å². The van der Waals surface area contributed by atoms with Crippen LogP contribution in [0.3, 0.4) is 0 Å². The van der Waals surface area contributed by atoms with Gasteiger partial charge >= 0.3 is 0 Å². The summed E-state index contributed by atoms with van der Waals surface area (Å²) >= 11 is 0. The van der Waals surface area contributed by atoms with Crippen molar-refractivity contribution in [2.75, 3.05) is 46.4 Å². The lowest BCUT2D eigenvalue weighted by molar-refractivity contribution is 0.133. The molecule has 1 aliphatic rings. The topological polar surface area (TPSA) is 63.3 Å². The Balaban J connectivity index is 1.92. The summed E-state index contributed by atoms with van der Waals surface area (Å²) in [7, 11) is 2.14. The first-order valence-electron chi connectivity index (χ1n) is 7.37. The number of allylic oxidation sites excluding steroid dienone is 1. The minimum Gasteiger partial charge on any atom is -0.492 e. The monoisotopic (exact) mass is 296 g/mol. The van der Waals surface area contributed by atoms with E-state index in [2.05, 4.69) is 16.8 Å². The highest BCUT2D eigenvalue weighted by Crippen LogP contribution is 2.20. The number of benzene rings is 1. The summed E-state index contributed by atoms with van der Waals surface area (Å²) < 4.78 is 5.84. The van der Waals surface area contributed by atoms with E-state index in [9.17, 15) is 0 Å². The molecule has 0 aliphatic carbocycles. The summed E-state index contributed by atoms with van der Waals surface area (Å²) in [5, 5.41) is 17.7. The zero-order chi connectivity index (χ0) is 15.8. The normalized spacial score (nSPS) is 15.6. The molecule has 5 heteroatoms. The second-order valence-electron chi connectivity index (χ2n) is 5.31. The smallest absolute Gasteiger partial charge is 0.130 e. The second kappa shape index (κ2) is 8.19. The maximum absolute atomic E-state index is 8.85. The van der Waals surface area contributed by atoms with Crippen LogP contribution < -0.4 is 4.74 Å². The first-order chi connectivity index (χ1) is 10.7. The molecule has 0 amide bonds. The highest BCUT2D eigenvalue weighted by molar-refractivity contribution is 5.66. The van der Waals surface area contributed by atoms with E-state index in [0.717, 1.165) is 38.3 Å². The van der Waals surface area contributed by atoms with Crippen molar-refractivity contribution in [3.8, 4) is 17.9 Å². The van der Waals surface area contributed by atoms with Crippen LogP contribution in [0.5, 0.6) is 5.75 Å². The van der Waals surface area contributed by atoms with Crippen molar-refractivity contribution in [2.45, 2.75) is 0 Å². The van der Waals surface area contributed by atoms with Gasteiger partial charge in [0, 0.05) is 38.3 Å². The number of nitriles is 2. The predicted molar refractivity (Wildman–Crippen MR) is 85.1 cm³/mol. The van der Waals surface area contributed by atoms with Gasteiger partial charge in [0.05, 0.1) is 0 Å². The van der Waals surface area contributed by atoms with E-state index in [-0.39, 0.29) is 5.57 Å². The molecule has 1 heterocycles. The van der Waals surface area contributed by atoms with E-state index in [1.165, 1.54) is 0 Å². The third-order valence-corrected chi connectivity index (χ3v) is 3.72. The van der Waals surface area contributed by atoms with Crippen molar-refractivity contribution in [3.05, 3.63) is 35.4 Å². The molecule has 0 atom stereocenters. The average molecular weight is 296 g/mol. The molecule has 0 aromatic heterocycles. The van der Waals surface area contributed by atoms with Gasteiger partial charge in [0.25, 0.3) is 0 Å². The molecule has 1 saturated heterocycles. The lowest BCUT2D eigenvalue weighted by Crippen LogP contribution is -2.45. The fourth-order valence-electron chi connectivity index (χ4n) is 2.33. The molecule has 114 valence electrons. The SMILES string of the molecule is CN1CCN(CCOc2ccccc2C=C(C#N)C#N)CC1. The van der Waals surface area contributed by atoms with Gasteiger partial charge in [0.2, 0.25) is 0 Å². The molecule has 1 aromatic carbocycles. The molecule has 5 nitrogen and oxygen atoms in total. The number of rotatable bonds is 5. The summed E-state index contributed by atoms with van der Waals surface area (Å²) in [5.74, 6) is 0.708. The Labute approximate surface area is 131 Å². The third kappa shape index (κ3) is 4.60. The van der Waals surface area contributed by atoms with Crippen LogP contribution in [0.15, 0.2) is 29.8 Å². The largest absolute Gasteiger partial charge is 0.492 e. The first-order valence-corrected chi connectivity index (χ1v) is 7.37. The quantitative estimate of drug-likeness (QED) is 0.775. The number of piperazine rings is 1.